The molecule has 0 aliphatic carbocycles. The van der Waals surface area contributed by atoms with Gasteiger partial charge in [-0.1, -0.05) is 18.2 Å². The molecule has 0 saturated carbocycles. The molecule has 7 nitrogen and oxygen atoms in total. The number of nitriles is 3. The Morgan fingerprint density at radius 2 is 1.80 bits per heavy atom. The van der Waals surface area contributed by atoms with Gasteiger partial charge in [-0.25, -0.2) is 8.42 Å². The average molecular weight is 354 g/mol. The van der Waals surface area contributed by atoms with E-state index in [1.807, 2.05) is 6.07 Å². The second-order valence-corrected chi connectivity index (χ2v) is 6.40. The molecule has 1 rings (SSSR count). The molecular weight excluding hydrogens is 340 g/mol. The number of anilines is 1. The molecule has 0 radical (unpaired) electrons. The summed E-state index contributed by atoms with van der Waals surface area (Å²) in [5.41, 5.74) is 0.111. The molecule has 0 fully saturated rings. The number of benzene rings is 1. The van der Waals surface area contributed by atoms with E-state index in [0.29, 0.717) is 0 Å². The number of para-hydroxylation sites is 1. The number of allylic oxidation sites excluding steroid dienone is 5. The zero-order valence-corrected chi connectivity index (χ0v) is 14.3. The second-order valence-electron chi connectivity index (χ2n) is 4.65. The smallest absolute Gasteiger partial charge is 0.229 e. The standard InChI is InChI=1S/C17H14N4O3S/c1-24-9-5-6-13(10-18)17(14(11-19)12-20)15-7-3-4-8-16(15)21-25(2,22)23/h3-9,21H,1-2H3. The summed E-state index contributed by atoms with van der Waals surface area (Å²) in [5, 5.41) is 27.9. The Balaban J connectivity index is 3.75. The number of methoxy groups -OCH3 is 1. The Hall–Kier alpha value is -3.54. The first-order chi connectivity index (χ1) is 11.9. The van der Waals surface area contributed by atoms with Crippen LogP contribution in [0.1, 0.15) is 5.56 Å². The molecular formula is C17H14N4O3S. The first kappa shape index (κ1) is 19.5. The van der Waals surface area contributed by atoms with Crippen LogP contribution in [0.3, 0.4) is 0 Å². The Labute approximate surface area is 146 Å². The molecule has 1 N–H and O–H groups in total. The van der Waals surface area contributed by atoms with Crippen molar-refractivity contribution < 1.29 is 13.2 Å². The SMILES string of the molecule is COC=CC=C(C#N)C(=C(C#N)C#N)c1ccccc1NS(C)(=O)=O. The van der Waals surface area contributed by atoms with Gasteiger partial charge in [-0.05, 0) is 18.2 Å². The zero-order chi connectivity index (χ0) is 18.9. The van der Waals surface area contributed by atoms with E-state index in [2.05, 4.69) is 4.72 Å². The number of nitrogens with zero attached hydrogens (tertiary/aromatic N) is 3. The maximum Gasteiger partial charge on any atom is 0.229 e. The van der Waals surface area contributed by atoms with Crippen molar-refractivity contribution in [3.63, 3.8) is 0 Å². The van der Waals surface area contributed by atoms with E-state index >= 15 is 0 Å². The molecule has 126 valence electrons. The van der Waals surface area contributed by atoms with Crippen LogP contribution in [0.2, 0.25) is 0 Å². The summed E-state index contributed by atoms with van der Waals surface area (Å²) in [6.07, 6.45) is 5.08. The lowest BCUT2D eigenvalue weighted by Gasteiger charge is -2.13. The van der Waals surface area contributed by atoms with Gasteiger partial charge in [0.05, 0.1) is 37.0 Å². The Kier molecular flexibility index (Phi) is 6.97. The van der Waals surface area contributed by atoms with Crippen LogP contribution < -0.4 is 4.72 Å². The van der Waals surface area contributed by atoms with Gasteiger partial charge >= 0.3 is 0 Å². The lowest BCUT2D eigenvalue weighted by atomic mass is 9.93. The maximum absolute atomic E-state index is 11.6. The van der Waals surface area contributed by atoms with Crippen molar-refractivity contribution in [2.24, 2.45) is 0 Å². The molecule has 0 heterocycles. The summed E-state index contributed by atoms with van der Waals surface area (Å²) in [5.74, 6) is 0. The lowest BCUT2D eigenvalue weighted by Crippen LogP contribution is -2.11. The third kappa shape index (κ3) is 5.54. The first-order valence-electron chi connectivity index (χ1n) is 6.79. The van der Waals surface area contributed by atoms with Crippen LogP contribution in [0.15, 0.2) is 53.8 Å². The topological polar surface area (TPSA) is 127 Å². The van der Waals surface area contributed by atoms with Crippen molar-refractivity contribution >= 4 is 21.3 Å². The van der Waals surface area contributed by atoms with Crippen LogP contribution in [-0.4, -0.2) is 21.8 Å². The Morgan fingerprint density at radius 3 is 2.32 bits per heavy atom. The fraction of sp³-hybridized carbons (Fsp3) is 0.118. The van der Waals surface area contributed by atoms with E-state index in [1.165, 1.54) is 37.7 Å². The van der Waals surface area contributed by atoms with Gasteiger partial charge in [0.1, 0.15) is 17.7 Å². The predicted octanol–water partition coefficient (Wildman–Crippen LogP) is 2.47. The monoisotopic (exact) mass is 354 g/mol. The Bertz CT molecular complexity index is 952. The lowest BCUT2D eigenvalue weighted by molar-refractivity contribution is 0.338. The van der Waals surface area contributed by atoms with Gasteiger partial charge in [0.2, 0.25) is 10.0 Å². The molecule has 0 unspecified atom stereocenters. The van der Waals surface area contributed by atoms with Crippen molar-refractivity contribution in [2.75, 3.05) is 18.1 Å². The van der Waals surface area contributed by atoms with Crippen LogP contribution in [-0.2, 0) is 14.8 Å². The van der Waals surface area contributed by atoms with Crippen LogP contribution >= 0.6 is 0 Å². The van der Waals surface area contributed by atoms with E-state index < -0.39 is 10.0 Å². The van der Waals surface area contributed by atoms with Gasteiger partial charge in [0, 0.05) is 11.1 Å². The summed E-state index contributed by atoms with van der Waals surface area (Å²) in [4.78, 5) is 0. The molecule has 0 bridgehead atoms. The van der Waals surface area contributed by atoms with Crippen LogP contribution in [0.5, 0.6) is 0 Å². The van der Waals surface area contributed by atoms with Crippen molar-refractivity contribution in [1.82, 2.24) is 0 Å². The molecule has 0 atom stereocenters. The van der Waals surface area contributed by atoms with Crippen molar-refractivity contribution in [3.05, 3.63) is 59.4 Å². The highest BCUT2D eigenvalue weighted by molar-refractivity contribution is 7.92. The summed E-state index contributed by atoms with van der Waals surface area (Å²) in [6.45, 7) is 0. The van der Waals surface area contributed by atoms with Crippen molar-refractivity contribution in [2.45, 2.75) is 0 Å². The number of hydrogen-bond acceptors (Lipinski definition) is 6. The molecule has 0 aromatic heterocycles. The largest absolute Gasteiger partial charge is 0.504 e. The predicted molar refractivity (Wildman–Crippen MR) is 92.9 cm³/mol. The van der Waals surface area contributed by atoms with Gasteiger partial charge in [-0.15, -0.1) is 0 Å². The number of sulfonamides is 1. The normalized spacial score (nSPS) is 11.1. The number of ether oxygens (including phenoxy) is 1. The highest BCUT2D eigenvalue weighted by Gasteiger charge is 2.18. The molecule has 8 heteroatoms. The first-order valence-corrected chi connectivity index (χ1v) is 8.68. The van der Waals surface area contributed by atoms with Crippen LogP contribution in [0, 0.1) is 34.0 Å². The van der Waals surface area contributed by atoms with Gasteiger partial charge < -0.3 is 4.74 Å². The molecule has 0 saturated heterocycles. The summed E-state index contributed by atoms with van der Waals surface area (Å²) in [7, 11) is -2.18. The van der Waals surface area contributed by atoms with E-state index in [0.717, 1.165) is 6.26 Å². The number of nitrogens with one attached hydrogen (secondary N) is 1. The minimum Gasteiger partial charge on any atom is -0.504 e. The van der Waals surface area contributed by atoms with Gasteiger partial charge in [0.15, 0.2) is 0 Å². The maximum atomic E-state index is 11.6. The molecule has 0 amide bonds. The average Bonchev–Trinajstić information content (AvgIpc) is 2.57. The fourth-order valence-corrected chi connectivity index (χ4v) is 2.51. The zero-order valence-electron chi connectivity index (χ0n) is 13.5. The molecule has 1 aromatic rings. The Morgan fingerprint density at radius 1 is 1.16 bits per heavy atom. The third-order valence-electron chi connectivity index (χ3n) is 2.83. The minimum atomic E-state index is -3.60. The third-order valence-corrected chi connectivity index (χ3v) is 3.42. The molecule has 1 aromatic carbocycles. The van der Waals surface area contributed by atoms with Crippen molar-refractivity contribution in [1.29, 1.82) is 15.8 Å². The molecule has 0 aliphatic heterocycles. The van der Waals surface area contributed by atoms with Gasteiger partial charge in [-0.3, -0.25) is 4.72 Å². The molecule has 0 spiro atoms. The second kappa shape index (κ2) is 8.93. The van der Waals surface area contributed by atoms with E-state index in [-0.39, 0.29) is 28.0 Å². The van der Waals surface area contributed by atoms with Gasteiger partial charge in [0.25, 0.3) is 0 Å². The van der Waals surface area contributed by atoms with Crippen LogP contribution in [0.4, 0.5) is 5.69 Å². The van der Waals surface area contributed by atoms with Crippen molar-refractivity contribution in [3.8, 4) is 18.2 Å². The van der Waals surface area contributed by atoms with E-state index in [4.69, 9.17) is 4.74 Å². The van der Waals surface area contributed by atoms with Crippen LogP contribution in [0.25, 0.3) is 5.57 Å². The number of rotatable bonds is 6. The van der Waals surface area contributed by atoms with E-state index in [1.54, 1.807) is 24.3 Å². The molecule has 25 heavy (non-hydrogen) atoms. The summed E-state index contributed by atoms with van der Waals surface area (Å²) < 4.78 is 30.2. The highest BCUT2D eigenvalue weighted by Crippen LogP contribution is 2.32. The fourth-order valence-electron chi connectivity index (χ4n) is 1.93. The quantitative estimate of drug-likeness (QED) is 0.475. The van der Waals surface area contributed by atoms with E-state index in [9.17, 15) is 24.2 Å². The summed E-state index contributed by atoms with van der Waals surface area (Å²) >= 11 is 0. The molecule has 0 aliphatic rings. The van der Waals surface area contributed by atoms with Gasteiger partial charge in [-0.2, -0.15) is 15.8 Å². The number of hydrogen-bond donors (Lipinski definition) is 1. The summed E-state index contributed by atoms with van der Waals surface area (Å²) in [6, 6.07) is 11.6. The highest BCUT2D eigenvalue weighted by atomic mass is 32.2. The minimum absolute atomic E-state index is 0.00847.